The Kier molecular flexibility index (Phi) is 2.95. The number of hydrogen-bond acceptors (Lipinski definition) is 5. The molecular formula is C9H14N6O. The summed E-state index contributed by atoms with van der Waals surface area (Å²) >= 11 is 0. The summed E-state index contributed by atoms with van der Waals surface area (Å²) < 4.78 is 3.43. The summed E-state index contributed by atoms with van der Waals surface area (Å²) in [6, 6.07) is 0. The fourth-order valence-electron chi connectivity index (χ4n) is 1.40. The second-order valence-electron chi connectivity index (χ2n) is 3.51. The summed E-state index contributed by atoms with van der Waals surface area (Å²) in [5.41, 5.74) is 0.558. The third kappa shape index (κ3) is 2.08. The van der Waals surface area contributed by atoms with Gasteiger partial charge in [0.05, 0.1) is 12.3 Å². The second kappa shape index (κ2) is 4.40. The van der Waals surface area contributed by atoms with E-state index in [2.05, 4.69) is 20.4 Å². The predicted octanol–water partition coefficient (Wildman–Crippen LogP) is -0.00890. The van der Waals surface area contributed by atoms with Gasteiger partial charge in [-0.15, -0.1) is 5.10 Å². The van der Waals surface area contributed by atoms with Crippen LogP contribution in [0.1, 0.15) is 31.5 Å². The number of aliphatic hydroxyl groups excluding tert-OH is 1. The van der Waals surface area contributed by atoms with Crippen LogP contribution in [-0.4, -0.2) is 34.9 Å². The molecular weight excluding hydrogens is 208 g/mol. The largest absolute Gasteiger partial charge is 0.387 e. The van der Waals surface area contributed by atoms with E-state index in [0.717, 1.165) is 12.4 Å². The highest BCUT2D eigenvalue weighted by Crippen LogP contribution is 2.07. The van der Waals surface area contributed by atoms with Gasteiger partial charge in [-0.25, -0.2) is 14.3 Å². The maximum absolute atomic E-state index is 9.31. The molecule has 0 amide bonds. The average Bonchev–Trinajstić information content (AvgIpc) is 2.87. The summed E-state index contributed by atoms with van der Waals surface area (Å²) in [6.45, 7) is 4.94. The van der Waals surface area contributed by atoms with Gasteiger partial charge in [-0.1, -0.05) is 5.21 Å². The van der Waals surface area contributed by atoms with Crippen LogP contribution in [0, 0.1) is 0 Å². The van der Waals surface area contributed by atoms with Gasteiger partial charge in [0, 0.05) is 6.54 Å². The monoisotopic (exact) mass is 222 g/mol. The van der Waals surface area contributed by atoms with Crippen LogP contribution >= 0.6 is 0 Å². The van der Waals surface area contributed by atoms with Gasteiger partial charge in [0.25, 0.3) is 0 Å². The fraction of sp³-hybridized carbons (Fsp3) is 0.556. The van der Waals surface area contributed by atoms with E-state index in [9.17, 15) is 5.11 Å². The lowest BCUT2D eigenvalue weighted by Crippen LogP contribution is -2.09. The van der Waals surface area contributed by atoms with Crippen LogP contribution in [0.4, 0.5) is 0 Å². The van der Waals surface area contributed by atoms with Crippen LogP contribution in [0.3, 0.4) is 0 Å². The lowest BCUT2D eigenvalue weighted by atomic mass is 10.3. The highest BCUT2D eigenvalue weighted by molar-refractivity contribution is 4.97. The van der Waals surface area contributed by atoms with Gasteiger partial charge in [0.1, 0.15) is 24.4 Å². The van der Waals surface area contributed by atoms with Gasteiger partial charge >= 0.3 is 0 Å². The summed E-state index contributed by atoms with van der Waals surface area (Å²) in [6.07, 6.45) is 2.63. The van der Waals surface area contributed by atoms with E-state index in [4.69, 9.17) is 0 Å². The molecule has 7 nitrogen and oxygen atoms in total. The quantitative estimate of drug-likeness (QED) is 0.786. The van der Waals surface area contributed by atoms with Crippen molar-refractivity contribution in [2.24, 2.45) is 0 Å². The molecule has 1 atom stereocenters. The first kappa shape index (κ1) is 10.7. The van der Waals surface area contributed by atoms with Crippen molar-refractivity contribution in [3.63, 3.8) is 0 Å². The van der Waals surface area contributed by atoms with Crippen LogP contribution < -0.4 is 0 Å². The average molecular weight is 222 g/mol. The Hall–Kier alpha value is -1.76. The SMILES string of the molecule is CCn1ncnc1Cn1cc(C(C)O)nn1. The van der Waals surface area contributed by atoms with Crippen LogP contribution in [0.5, 0.6) is 0 Å². The third-order valence-electron chi connectivity index (χ3n) is 2.28. The summed E-state index contributed by atoms with van der Waals surface area (Å²) in [4.78, 5) is 4.14. The van der Waals surface area contributed by atoms with E-state index in [-0.39, 0.29) is 0 Å². The molecule has 2 aromatic heterocycles. The zero-order valence-electron chi connectivity index (χ0n) is 9.28. The van der Waals surface area contributed by atoms with Crippen molar-refractivity contribution in [2.75, 3.05) is 0 Å². The third-order valence-corrected chi connectivity index (χ3v) is 2.28. The molecule has 1 N–H and O–H groups in total. The maximum Gasteiger partial charge on any atom is 0.148 e. The summed E-state index contributed by atoms with van der Waals surface area (Å²) in [5, 5.41) is 21.2. The highest BCUT2D eigenvalue weighted by Gasteiger charge is 2.08. The van der Waals surface area contributed by atoms with Gasteiger partial charge in [0.15, 0.2) is 0 Å². The minimum atomic E-state index is -0.599. The van der Waals surface area contributed by atoms with E-state index in [1.54, 1.807) is 22.5 Å². The van der Waals surface area contributed by atoms with Gasteiger partial charge in [-0.05, 0) is 13.8 Å². The van der Waals surface area contributed by atoms with Gasteiger partial charge in [-0.3, -0.25) is 0 Å². The van der Waals surface area contributed by atoms with Gasteiger partial charge in [0.2, 0.25) is 0 Å². The van der Waals surface area contributed by atoms with Crippen molar-refractivity contribution < 1.29 is 5.11 Å². The molecule has 0 aliphatic heterocycles. The number of nitrogens with zero attached hydrogens (tertiary/aromatic N) is 6. The number of aliphatic hydroxyl groups is 1. The number of aromatic nitrogens is 6. The minimum absolute atomic E-state index is 0.508. The van der Waals surface area contributed by atoms with Crippen LogP contribution in [0.15, 0.2) is 12.5 Å². The van der Waals surface area contributed by atoms with Crippen molar-refractivity contribution in [3.05, 3.63) is 24.0 Å². The Bertz CT molecular complexity index is 460. The fourth-order valence-corrected chi connectivity index (χ4v) is 1.40. The second-order valence-corrected chi connectivity index (χ2v) is 3.51. The first-order valence-corrected chi connectivity index (χ1v) is 5.15. The Morgan fingerprint density at radius 2 is 2.31 bits per heavy atom. The van der Waals surface area contributed by atoms with Crippen LogP contribution in [0.2, 0.25) is 0 Å². The van der Waals surface area contributed by atoms with E-state index >= 15 is 0 Å². The Morgan fingerprint density at radius 1 is 1.50 bits per heavy atom. The first-order valence-electron chi connectivity index (χ1n) is 5.15. The minimum Gasteiger partial charge on any atom is -0.387 e. The summed E-state index contributed by atoms with van der Waals surface area (Å²) in [7, 11) is 0. The van der Waals surface area contributed by atoms with Gasteiger partial charge in [-0.2, -0.15) is 5.10 Å². The molecule has 0 radical (unpaired) electrons. The van der Waals surface area contributed by atoms with Crippen molar-refractivity contribution >= 4 is 0 Å². The zero-order valence-corrected chi connectivity index (χ0v) is 9.28. The van der Waals surface area contributed by atoms with Crippen molar-refractivity contribution in [1.29, 1.82) is 0 Å². The van der Waals surface area contributed by atoms with E-state index in [0.29, 0.717) is 12.2 Å². The zero-order chi connectivity index (χ0) is 11.5. The number of hydrogen-bond donors (Lipinski definition) is 1. The highest BCUT2D eigenvalue weighted by atomic mass is 16.3. The number of rotatable bonds is 4. The molecule has 7 heteroatoms. The lowest BCUT2D eigenvalue weighted by Gasteiger charge is -2.01. The molecule has 0 fully saturated rings. The molecule has 2 rings (SSSR count). The first-order chi connectivity index (χ1) is 7.70. The topological polar surface area (TPSA) is 81.7 Å². The van der Waals surface area contributed by atoms with Gasteiger partial charge < -0.3 is 5.11 Å². The standard InChI is InChI=1S/C9H14N6O/c1-3-15-9(10-6-11-15)5-14-4-8(7(2)16)12-13-14/h4,6-7,16H,3,5H2,1-2H3. The van der Waals surface area contributed by atoms with E-state index in [1.807, 2.05) is 6.92 Å². The molecule has 0 spiro atoms. The van der Waals surface area contributed by atoms with Crippen molar-refractivity contribution in [2.45, 2.75) is 33.0 Å². The molecule has 16 heavy (non-hydrogen) atoms. The predicted molar refractivity (Wildman–Crippen MR) is 55.5 cm³/mol. The van der Waals surface area contributed by atoms with E-state index in [1.165, 1.54) is 6.33 Å². The molecule has 0 bridgehead atoms. The van der Waals surface area contributed by atoms with Crippen molar-refractivity contribution in [3.8, 4) is 0 Å². The molecule has 2 heterocycles. The molecule has 86 valence electrons. The molecule has 0 saturated heterocycles. The Balaban J connectivity index is 2.14. The Morgan fingerprint density at radius 3 is 2.94 bits per heavy atom. The maximum atomic E-state index is 9.31. The smallest absolute Gasteiger partial charge is 0.148 e. The molecule has 0 aromatic carbocycles. The molecule has 2 aromatic rings. The lowest BCUT2D eigenvalue weighted by molar-refractivity contribution is 0.194. The van der Waals surface area contributed by atoms with Crippen LogP contribution in [0.25, 0.3) is 0 Å². The van der Waals surface area contributed by atoms with Crippen LogP contribution in [-0.2, 0) is 13.1 Å². The molecule has 1 unspecified atom stereocenters. The molecule has 0 aliphatic rings. The van der Waals surface area contributed by atoms with Crippen molar-refractivity contribution in [1.82, 2.24) is 29.8 Å². The summed E-state index contributed by atoms with van der Waals surface area (Å²) in [5.74, 6) is 0.824. The molecule has 0 saturated carbocycles. The number of aryl methyl sites for hydroxylation is 1. The molecule has 0 aliphatic carbocycles. The normalized spacial score (nSPS) is 12.9. The van der Waals surface area contributed by atoms with E-state index < -0.39 is 6.10 Å². The Labute approximate surface area is 92.7 Å².